The summed E-state index contributed by atoms with van der Waals surface area (Å²) in [6, 6.07) is 17.4. The van der Waals surface area contributed by atoms with Crippen molar-refractivity contribution in [1.82, 2.24) is 10.2 Å². The van der Waals surface area contributed by atoms with E-state index in [1.165, 1.54) is 5.56 Å². The minimum Gasteiger partial charge on any atom is -0.491 e. The number of nitrogens with one attached hydrogen (secondary N) is 1. The minimum atomic E-state index is -0.962. The Bertz CT molecular complexity index is 1030. The molecule has 0 spiro atoms. The summed E-state index contributed by atoms with van der Waals surface area (Å²) in [5.41, 5.74) is 1.68. The molecule has 2 N–H and O–H groups in total. The molecule has 3 rings (SSSR count). The molecule has 8 heteroatoms. The van der Waals surface area contributed by atoms with Crippen LogP contribution in [-0.4, -0.2) is 52.8 Å². The molecule has 0 radical (unpaired) electrons. The SMILES string of the molecule is CC(C)(C)OC(=O)NCCCCc1ccc(OC[C@@H]2C[C@@H](CC(=O)O)C(=O)N2Cc2ccccc2)cc1. The molecule has 37 heavy (non-hydrogen) atoms. The van der Waals surface area contributed by atoms with Crippen LogP contribution in [0.15, 0.2) is 54.6 Å². The Balaban J connectivity index is 1.46. The number of carboxylic acid groups (broad SMARTS) is 1. The van der Waals surface area contributed by atoms with E-state index in [0.29, 0.717) is 31.9 Å². The van der Waals surface area contributed by atoms with E-state index in [2.05, 4.69) is 5.32 Å². The van der Waals surface area contributed by atoms with E-state index in [1.54, 1.807) is 4.90 Å². The zero-order chi connectivity index (χ0) is 26.8. The van der Waals surface area contributed by atoms with E-state index in [4.69, 9.17) is 9.47 Å². The third-order valence-corrected chi connectivity index (χ3v) is 6.17. The standard InChI is InChI=1S/C29H38N2O6/c1-29(2,3)37-28(35)30-16-8-7-9-21-12-14-25(15-13-21)36-20-24-17-23(18-26(32)33)27(34)31(24)19-22-10-5-4-6-11-22/h4-6,10-15,23-24H,7-9,16-20H2,1-3H3,(H,30,35)(H,32,33)/t23-,24-/m0/s1. The van der Waals surface area contributed by atoms with Gasteiger partial charge in [0.05, 0.1) is 18.4 Å². The fourth-order valence-corrected chi connectivity index (χ4v) is 4.40. The number of ether oxygens (including phenoxy) is 2. The molecular formula is C29H38N2O6. The Kier molecular flexibility index (Phi) is 9.94. The fourth-order valence-electron chi connectivity index (χ4n) is 4.40. The second-order valence-corrected chi connectivity index (χ2v) is 10.5. The van der Waals surface area contributed by atoms with E-state index in [-0.39, 0.29) is 18.4 Å². The van der Waals surface area contributed by atoms with Crippen molar-refractivity contribution in [3.63, 3.8) is 0 Å². The zero-order valence-electron chi connectivity index (χ0n) is 21.9. The number of rotatable bonds is 12. The van der Waals surface area contributed by atoms with E-state index < -0.39 is 23.6 Å². The number of carbonyl (C=O) groups excluding carboxylic acids is 2. The van der Waals surface area contributed by atoms with Crippen molar-refractivity contribution in [2.24, 2.45) is 5.92 Å². The van der Waals surface area contributed by atoms with Crippen LogP contribution in [0.4, 0.5) is 4.79 Å². The monoisotopic (exact) mass is 510 g/mol. The average Bonchev–Trinajstić information content (AvgIpc) is 3.11. The molecule has 1 saturated heterocycles. The van der Waals surface area contributed by atoms with Crippen LogP contribution >= 0.6 is 0 Å². The van der Waals surface area contributed by atoms with Crippen molar-refractivity contribution in [2.75, 3.05) is 13.2 Å². The first-order chi connectivity index (χ1) is 17.6. The minimum absolute atomic E-state index is 0.128. The van der Waals surface area contributed by atoms with Crippen LogP contribution in [0, 0.1) is 5.92 Å². The van der Waals surface area contributed by atoms with Crippen LogP contribution in [0.5, 0.6) is 5.75 Å². The fraction of sp³-hybridized carbons (Fsp3) is 0.483. The summed E-state index contributed by atoms with van der Waals surface area (Å²) in [6.45, 7) is 6.83. The van der Waals surface area contributed by atoms with Gasteiger partial charge in [0, 0.05) is 13.1 Å². The number of benzene rings is 2. The van der Waals surface area contributed by atoms with Gasteiger partial charge in [-0.25, -0.2) is 4.79 Å². The van der Waals surface area contributed by atoms with E-state index in [0.717, 1.165) is 24.8 Å². The third kappa shape index (κ3) is 9.44. The van der Waals surface area contributed by atoms with E-state index >= 15 is 0 Å². The molecule has 2 amide bonds. The molecule has 1 fully saturated rings. The van der Waals surface area contributed by atoms with Gasteiger partial charge >= 0.3 is 12.1 Å². The van der Waals surface area contributed by atoms with E-state index in [1.807, 2.05) is 75.4 Å². The highest BCUT2D eigenvalue weighted by Crippen LogP contribution is 2.30. The first-order valence-electron chi connectivity index (χ1n) is 12.9. The lowest BCUT2D eigenvalue weighted by Crippen LogP contribution is -2.37. The molecule has 0 bridgehead atoms. The zero-order valence-corrected chi connectivity index (χ0v) is 21.9. The van der Waals surface area contributed by atoms with Crippen LogP contribution in [-0.2, 0) is 27.3 Å². The van der Waals surface area contributed by atoms with Crippen molar-refractivity contribution in [3.8, 4) is 5.75 Å². The van der Waals surface area contributed by atoms with Crippen molar-refractivity contribution in [3.05, 3.63) is 65.7 Å². The second-order valence-electron chi connectivity index (χ2n) is 10.5. The Hall–Kier alpha value is -3.55. The van der Waals surface area contributed by atoms with Crippen LogP contribution in [0.2, 0.25) is 0 Å². The molecule has 0 aromatic heterocycles. The Morgan fingerprint density at radius 1 is 1.03 bits per heavy atom. The largest absolute Gasteiger partial charge is 0.491 e. The number of hydrogen-bond donors (Lipinski definition) is 2. The third-order valence-electron chi connectivity index (χ3n) is 6.17. The number of unbranched alkanes of at least 4 members (excludes halogenated alkanes) is 1. The molecule has 2 aromatic rings. The number of likely N-dealkylation sites (tertiary alicyclic amines) is 1. The van der Waals surface area contributed by atoms with E-state index in [9.17, 15) is 19.5 Å². The van der Waals surface area contributed by atoms with Crippen LogP contribution < -0.4 is 10.1 Å². The van der Waals surface area contributed by atoms with Gasteiger partial charge in [-0.2, -0.15) is 0 Å². The number of carboxylic acids is 1. The lowest BCUT2D eigenvalue weighted by Gasteiger charge is -2.25. The lowest BCUT2D eigenvalue weighted by atomic mass is 10.0. The van der Waals surface area contributed by atoms with Crippen LogP contribution in [0.3, 0.4) is 0 Å². The predicted molar refractivity (Wildman–Crippen MR) is 140 cm³/mol. The second kappa shape index (κ2) is 13.1. The molecule has 0 saturated carbocycles. The highest BCUT2D eigenvalue weighted by molar-refractivity contribution is 5.85. The van der Waals surface area contributed by atoms with Gasteiger partial charge in [-0.3, -0.25) is 9.59 Å². The van der Waals surface area contributed by atoms with Crippen molar-refractivity contribution in [2.45, 2.75) is 71.1 Å². The molecule has 2 atom stereocenters. The summed E-state index contributed by atoms with van der Waals surface area (Å²) in [6.07, 6.45) is 2.57. The highest BCUT2D eigenvalue weighted by atomic mass is 16.6. The molecular weight excluding hydrogens is 472 g/mol. The normalized spacial score (nSPS) is 17.5. The summed E-state index contributed by atoms with van der Waals surface area (Å²) in [7, 11) is 0. The van der Waals surface area contributed by atoms with Crippen molar-refractivity contribution >= 4 is 18.0 Å². The maximum absolute atomic E-state index is 12.9. The van der Waals surface area contributed by atoms with Crippen molar-refractivity contribution in [1.29, 1.82) is 0 Å². The Morgan fingerprint density at radius 2 is 1.73 bits per heavy atom. The van der Waals surface area contributed by atoms with Gasteiger partial charge in [0.25, 0.3) is 0 Å². The molecule has 1 heterocycles. The number of nitrogens with zero attached hydrogens (tertiary/aromatic N) is 1. The summed E-state index contributed by atoms with van der Waals surface area (Å²) >= 11 is 0. The topological polar surface area (TPSA) is 105 Å². The van der Waals surface area contributed by atoms with Gasteiger partial charge in [0.15, 0.2) is 0 Å². The van der Waals surface area contributed by atoms with Crippen LogP contribution in [0.25, 0.3) is 0 Å². The molecule has 8 nitrogen and oxygen atoms in total. The smallest absolute Gasteiger partial charge is 0.407 e. The number of hydrogen-bond acceptors (Lipinski definition) is 5. The maximum Gasteiger partial charge on any atom is 0.407 e. The average molecular weight is 511 g/mol. The Labute approximate surface area is 219 Å². The lowest BCUT2D eigenvalue weighted by molar-refractivity contribution is -0.142. The first kappa shape index (κ1) is 28.0. The maximum atomic E-state index is 12.9. The van der Waals surface area contributed by atoms with Crippen LogP contribution in [0.1, 0.15) is 57.6 Å². The number of amides is 2. The van der Waals surface area contributed by atoms with Gasteiger partial charge < -0.3 is 24.8 Å². The van der Waals surface area contributed by atoms with Gasteiger partial charge in [0.1, 0.15) is 18.0 Å². The van der Waals surface area contributed by atoms with Gasteiger partial charge in [-0.1, -0.05) is 42.5 Å². The number of aliphatic carboxylic acids is 1. The quantitative estimate of drug-likeness (QED) is 0.397. The molecule has 1 aliphatic rings. The summed E-state index contributed by atoms with van der Waals surface area (Å²) in [5.74, 6) is -0.904. The predicted octanol–water partition coefficient (Wildman–Crippen LogP) is 4.80. The summed E-state index contributed by atoms with van der Waals surface area (Å²) in [4.78, 5) is 37.6. The number of carbonyl (C=O) groups is 3. The molecule has 2 aromatic carbocycles. The molecule has 0 aliphatic carbocycles. The molecule has 1 aliphatic heterocycles. The number of alkyl carbamates (subject to hydrolysis) is 1. The first-order valence-corrected chi connectivity index (χ1v) is 12.9. The van der Waals surface area contributed by atoms with Gasteiger partial charge in [-0.05, 0) is 69.7 Å². The Morgan fingerprint density at radius 3 is 2.38 bits per heavy atom. The number of aryl methyl sites for hydroxylation is 1. The molecule has 0 unspecified atom stereocenters. The summed E-state index contributed by atoms with van der Waals surface area (Å²) in [5, 5.41) is 12.0. The summed E-state index contributed by atoms with van der Waals surface area (Å²) < 4.78 is 11.2. The molecule has 200 valence electrons. The van der Waals surface area contributed by atoms with Gasteiger partial charge in [0.2, 0.25) is 5.91 Å². The highest BCUT2D eigenvalue weighted by Gasteiger charge is 2.40. The van der Waals surface area contributed by atoms with Crippen molar-refractivity contribution < 1.29 is 29.0 Å². The van der Waals surface area contributed by atoms with Gasteiger partial charge in [-0.15, -0.1) is 0 Å².